The first-order chi connectivity index (χ1) is 49.1. The second-order valence-electron chi connectivity index (χ2n) is 35.0. The van der Waals surface area contributed by atoms with Gasteiger partial charge >= 0.3 is 0 Å². The third kappa shape index (κ3) is 72.0. The van der Waals surface area contributed by atoms with Gasteiger partial charge in [-0.1, -0.05) is 587 Å². The average Bonchev–Trinajstić information content (AvgIpc) is 0.770. The van der Waals surface area contributed by atoms with E-state index in [0.717, 1.165) is 0 Å². The summed E-state index contributed by atoms with van der Waals surface area (Å²) in [7, 11) is 0. The Labute approximate surface area is 633 Å². The number of hydrogen-bond donors (Lipinski definition) is 0. The fraction of sp³-hybridized carbons (Fsp3) is 1.00. The van der Waals surface area contributed by atoms with Crippen molar-refractivity contribution in [3.05, 3.63) is 0 Å². The highest BCUT2D eigenvalue weighted by atomic mass is 14.5. The number of rotatable bonds is 92. The maximum absolute atomic E-state index is 2.37. The second-order valence-corrected chi connectivity index (χ2v) is 35.0. The maximum atomic E-state index is 2.37. The molecule has 0 aliphatic rings. The van der Waals surface area contributed by atoms with Gasteiger partial charge in [-0.2, -0.15) is 0 Å². The van der Waals surface area contributed by atoms with E-state index in [9.17, 15) is 0 Å². The van der Waals surface area contributed by atoms with Crippen LogP contribution in [0.5, 0.6) is 0 Å². The molecule has 0 bridgehead atoms. The molecule has 0 heterocycles. The summed E-state index contributed by atoms with van der Waals surface area (Å²) < 4.78 is 0. The Morgan fingerprint density at radius 3 is 0.212 bits per heavy atom. The lowest BCUT2D eigenvalue weighted by Gasteiger charge is -2.53. The fourth-order valence-electron chi connectivity index (χ4n) is 18.5. The van der Waals surface area contributed by atoms with Crippen molar-refractivity contribution in [2.45, 2.75) is 626 Å². The van der Waals surface area contributed by atoms with E-state index in [2.05, 4.69) is 41.5 Å². The van der Waals surface area contributed by atoms with Gasteiger partial charge in [-0.3, -0.25) is 0 Å². The van der Waals surface area contributed by atoms with Gasteiger partial charge in [0.15, 0.2) is 0 Å². The lowest BCUT2D eigenvalue weighted by Crippen LogP contribution is -2.43. The first-order valence-corrected chi connectivity index (χ1v) is 49.1. The van der Waals surface area contributed by atoms with Crippen LogP contribution in [0.4, 0.5) is 0 Å². The van der Waals surface area contributed by atoms with Gasteiger partial charge in [0.25, 0.3) is 0 Å². The van der Waals surface area contributed by atoms with Crippen LogP contribution >= 0.6 is 0 Å². The van der Waals surface area contributed by atoms with Crippen molar-refractivity contribution in [1.82, 2.24) is 0 Å². The summed E-state index contributed by atoms with van der Waals surface area (Å²) in [5, 5.41) is 0. The van der Waals surface area contributed by atoms with E-state index >= 15 is 0 Å². The summed E-state index contributed by atoms with van der Waals surface area (Å²) in [5.74, 6) is 0. The summed E-state index contributed by atoms with van der Waals surface area (Å²) in [5.41, 5.74) is 1.09. The predicted octanol–water partition coefficient (Wildman–Crippen LogP) is 38.6. The summed E-state index contributed by atoms with van der Waals surface area (Å²) in [6.45, 7) is 14.2. The van der Waals surface area contributed by atoms with E-state index in [1.54, 1.807) is 38.5 Å². The molecule has 0 aromatic heterocycles. The standard InChI is InChI=1S/C99H200/c1-7-13-19-25-31-37-43-49-53-56-61-67-73-79-85-91-97-99(94-88-82-76-70-64-58-52-46-40-34-28-22-16-10-4,96-90-84-78-72-66-60-55-51-45-39-33-27-21-15-9-3)98(92-86-80-74-68-62-48-42-36-30-24-18-12-6,93-87-81-75-69-63-57-47-41-35-29-23-17-11-5)95-89-83-77-71-65-59-54-50-44-38-32-26-20-14-8-2/h7-97H2,1-6H3. The molecule has 596 valence electrons. The average molecular weight is 1390 g/mol. The highest BCUT2D eigenvalue weighted by Gasteiger charge is 2.48. The third-order valence-electron chi connectivity index (χ3n) is 25.4. The molecule has 2 unspecified atom stereocenters. The molecule has 0 N–H and O–H groups in total. The molecular weight excluding hydrogens is 1190 g/mol. The normalized spacial score (nSPS) is 13.2. The highest BCUT2D eigenvalue weighted by Crippen LogP contribution is 2.59. The molecule has 0 radical (unpaired) electrons. The quantitative estimate of drug-likeness (QED) is 0.0533. The summed E-state index contributed by atoms with van der Waals surface area (Å²) in [6.07, 6.45) is 136. The molecule has 0 fully saturated rings. The molecular formula is C99H200. The van der Waals surface area contributed by atoms with E-state index in [1.807, 2.05) is 0 Å². The van der Waals surface area contributed by atoms with Gasteiger partial charge < -0.3 is 0 Å². The Bertz CT molecular complexity index is 1380. The van der Waals surface area contributed by atoms with Gasteiger partial charge in [0.05, 0.1) is 0 Å². The van der Waals surface area contributed by atoms with Crippen molar-refractivity contribution in [3.8, 4) is 0 Å². The van der Waals surface area contributed by atoms with E-state index in [4.69, 9.17) is 0 Å². The zero-order valence-corrected chi connectivity index (χ0v) is 71.3. The molecule has 0 saturated carbocycles. The lowest BCUT2D eigenvalue weighted by molar-refractivity contribution is -0.0310. The minimum atomic E-state index is 0.543. The molecule has 0 aromatic rings. The first-order valence-electron chi connectivity index (χ1n) is 49.1. The summed E-state index contributed by atoms with van der Waals surface area (Å²) in [6, 6.07) is 0. The van der Waals surface area contributed by atoms with E-state index in [0.29, 0.717) is 10.8 Å². The van der Waals surface area contributed by atoms with Crippen LogP contribution in [-0.4, -0.2) is 0 Å². The monoisotopic (exact) mass is 1390 g/mol. The van der Waals surface area contributed by atoms with Gasteiger partial charge in [0.2, 0.25) is 0 Å². The lowest BCUT2D eigenvalue weighted by atomic mass is 9.51. The molecule has 0 spiro atoms. The van der Waals surface area contributed by atoms with Crippen LogP contribution in [0.3, 0.4) is 0 Å². The highest BCUT2D eigenvalue weighted by molar-refractivity contribution is 4.98. The van der Waals surface area contributed by atoms with Crippen molar-refractivity contribution in [2.75, 3.05) is 0 Å². The maximum Gasteiger partial charge on any atom is -0.0241 e. The largest absolute Gasteiger partial charge is 0.0654 e. The van der Waals surface area contributed by atoms with Crippen LogP contribution in [0, 0.1) is 10.8 Å². The minimum Gasteiger partial charge on any atom is -0.0654 e. The van der Waals surface area contributed by atoms with Crippen molar-refractivity contribution in [3.63, 3.8) is 0 Å². The molecule has 2 atom stereocenters. The van der Waals surface area contributed by atoms with Gasteiger partial charge in [-0.15, -0.1) is 0 Å². The van der Waals surface area contributed by atoms with Crippen LogP contribution in [-0.2, 0) is 0 Å². The fourth-order valence-corrected chi connectivity index (χ4v) is 18.5. The van der Waals surface area contributed by atoms with Gasteiger partial charge in [0.1, 0.15) is 0 Å². The molecule has 0 saturated heterocycles. The number of unbranched alkanes of at least 4 members (excludes halogenated alkanes) is 79. The minimum absolute atomic E-state index is 0.543. The molecule has 99 heavy (non-hydrogen) atoms. The molecule has 0 aromatic carbocycles. The number of hydrogen-bond acceptors (Lipinski definition) is 0. The van der Waals surface area contributed by atoms with Gasteiger partial charge in [-0.05, 0) is 49.4 Å². The zero-order chi connectivity index (χ0) is 71.3. The molecule has 0 aliphatic carbocycles. The molecule has 0 aliphatic heterocycles. The summed E-state index contributed by atoms with van der Waals surface area (Å²) in [4.78, 5) is 0. The van der Waals surface area contributed by atoms with Crippen LogP contribution in [0.25, 0.3) is 0 Å². The smallest absolute Gasteiger partial charge is 0.0241 e. The molecule has 0 amide bonds. The Morgan fingerprint density at radius 1 is 0.0808 bits per heavy atom. The van der Waals surface area contributed by atoms with Crippen molar-refractivity contribution in [1.29, 1.82) is 0 Å². The van der Waals surface area contributed by atoms with E-state index in [-0.39, 0.29) is 0 Å². The summed E-state index contributed by atoms with van der Waals surface area (Å²) >= 11 is 0. The topological polar surface area (TPSA) is 0 Å². The third-order valence-corrected chi connectivity index (χ3v) is 25.4. The molecule has 0 rings (SSSR count). The first kappa shape index (κ1) is 99.0. The van der Waals surface area contributed by atoms with Crippen molar-refractivity contribution < 1.29 is 0 Å². The van der Waals surface area contributed by atoms with E-state index < -0.39 is 0 Å². The van der Waals surface area contributed by atoms with Crippen LogP contribution < -0.4 is 0 Å². The Hall–Kier alpha value is 0. The SMILES string of the molecule is CCCCCCCCCCCCCCCCCCC(CCCCCCCCCCCCCCCC)(CCCCCCCCCCCCCCCCC)C(CCCCCCCCCCCCCC)(CCCCCCCCCCCCCCC)CCCCCCCCCCCCCCCCC. The van der Waals surface area contributed by atoms with Crippen molar-refractivity contribution in [2.24, 2.45) is 10.8 Å². The Balaban J connectivity index is 6.87. The van der Waals surface area contributed by atoms with Crippen LogP contribution in [0.2, 0.25) is 0 Å². The van der Waals surface area contributed by atoms with Crippen LogP contribution in [0.1, 0.15) is 626 Å². The predicted molar refractivity (Wildman–Crippen MR) is 459 cm³/mol. The van der Waals surface area contributed by atoms with E-state index in [1.165, 1.54) is 546 Å². The Morgan fingerprint density at radius 2 is 0.141 bits per heavy atom. The molecule has 0 nitrogen and oxygen atoms in total. The van der Waals surface area contributed by atoms with Crippen LogP contribution in [0.15, 0.2) is 0 Å². The molecule has 0 heteroatoms. The zero-order valence-electron chi connectivity index (χ0n) is 71.3. The Kier molecular flexibility index (Phi) is 86.9. The van der Waals surface area contributed by atoms with Gasteiger partial charge in [-0.25, -0.2) is 0 Å². The van der Waals surface area contributed by atoms with Crippen molar-refractivity contribution >= 4 is 0 Å². The van der Waals surface area contributed by atoms with Gasteiger partial charge in [0, 0.05) is 0 Å². The second kappa shape index (κ2) is 86.9.